The minimum absolute atomic E-state index is 0.744. The summed E-state index contributed by atoms with van der Waals surface area (Å²) in [5.74, 6) is 0. The van der Waals surface area contributed by atoms with Gasteiger partial charge in [-0.2, -0.15) is 5.26 Å². The van der Waals surface area contributed by atoms with E-state index in [9.17, 15) is 0 Å². The van der Waals surface area contributed by atoms with Crippen LogP contribution in [0.1, 0.15) is 46.5 Å². The number of nitriles is 1. The third kappa shape index (κ3) is 7.76. The lowest BCUT2D eigenvalue weighted by Crippen LogP contribution is -1.80. The van der Waals surface area contributed by atoms with Crippen molar-refractivity contribution in [1.29, 1.82) is 5.26 Å². The first kappa shape index (κ1) is 13.7. The smallest absolute Gasteiger partial charge is 0.0991 e. The van der Waals surface area contributed by atoms with Gasteiger partial charge in [0.05, 0.1) is 11.6 Å². The molecule has 0 aromatic heterocycles. The van der Waals surface area contributed by atoms with Crippen LogP contribution in [-0.4, -0.2) is 0 Å². The number of hydrogen-bond donors (Lipinski definition) is 0. The Morgan fingerprint density at radius 2 is 2.07 bits per heavy atom. The molecular formula is C14H21N. The van der Waals surface area contributed by atoms with Gasteiger partial charge in [0.2, 0.25) is 0 Å². The predicted molar refractivity (Wildman–Crippen MR) is 66.4 cm³/mol. The molecule has 0 saturated carbocycles. The van der Waals surface area contributed by atoms with Gasteiger partial charge in [-0.3, -0.25) is 0 Å². The summed E-state index contributed by atoms with van der Waals surface area (Å²) in [6.45, 7) is 6.35. The van der Waals surface area contributed by atoms with Gasteiger partial charge in [-0.15, -0.1) is 0 Å². The fourth-order valence-corrected chi connectivity index (χ4v) is 1.22. The van der Waals surface area contributed by atoms with Gasteiger partial charge in [-0.25, -0.2) is 0 Å². The summed E-state index contributed by atoms with van der Waals surface area (Å²) in [5, 5.41) is 8.90. The van der Waals surface area contributed by atoms with E-state index < -0.39 is 0 Å². The van der Waals surface area contributed by atoms with Crippen LogP contribution in [0.4, 0.5) is 0 Å². The molecule has 0 aliphatic rings. The number of nitrogens with zero attached hydrogens (tertiary/aromatic N) is 1. The van der Waals surface area contributed by atoms with Gasteiger partial charge in [0.1, 0.15) is 0 Å². The van der Waals surface area contributed by atoms with Crippen molar-refractivity contribution in [3.05, 3.63) is 35.5 Å². The second-order valence-corrected chi connectivity index (χ2v) is 3.66. The maximum Gasteiger partial charge on any atom is 0.0991 e. The van der Waals surface area contributed by atoms with Gasteiger partial charge in [-0.1, -0.05) is 38.0 Å². The quantitative estimate of drug-likeness (QED) is 0.459. The van der Waals surface area contributed by atoms with Crippen LogP contribution in [-0.2, 0) is 0 Å². The summed E-state index contributed by atoms with van der Waals surface area (Å²) in [4.78, 5) is 0. The Morgan fingerprint density at radius 1 is 1.33 bits per heavy atom. The van der Waals surface area contributed by atoms with Crippen molar-refractivity contribution in [2.75, 3.05) is 0 Å². The van der Waals surface area contributed by atoms with Gasteiger partial charge in [0.15, 0.2) is 0 Å². The van der Waals surface area contributed by atoms with Crippen LogP contribution < -0.4 is 0 Å². The minimum Gasteiger partial charge on any atom is -0.192 e. The lowest BCUT2D eigenvalue weighted by Gasteiger charge is -1.97. The zero-order valence-electron chi connectivity index (χ0n) is 10.1. The highest BCUT2D eigenvalue weighted by molar-refractivity contribution is 5.37. The lowest BCUT2D eigenvalue weighted by molar-refractivity contribution is 0.787. The second kappa shape index (κ2) is 9.27. The molecule has 0 radical (unpaired) electrons. The van der Waals surface area contributed by atoms with E-state index in [1.807, 2.05) is 24.3 Å². The Balaban J connectivity index is 4.37. The number of unbranched alkanes of at least 4 members (excludes halogenated alkanes) is 1. The molecule has 1 nitrogen and oxygen atoms in total. The van der Waals surface area contributed by atoms with E-state index in [1.165, 1.54) is 18.4 Å². The highest BCUT2D eigenvalue weighted by atomic mass is 14.2. The van der Waals surface area contributed by atoms with Crippen LogP contribution in [0.25, 0.3) is 0 Å². The molecule has 0 aliphatic carbocycles. The van der Waals surface area contributed by atoms with E-state index in [0.29, 0.717) is 0 Å². The molecule has 0 saturated heterocycles. The van der Waals surface area contributed by atoms with Gasteiger partial charge >= 0.3 is 0 Å². The summed E-state index contributed by atoms with van der Waals surface area (Å²) >= 11 is 0. The average Bonchev–Trinajstić information content (AvgIpc) is 2.25. The summed E-state index contributed by atoms with van der Waals surface area (Å²) in [6, 6.07) is 2.20. The summed E-state index contributed by atoms with van der Waals surface area (Å²) in [5.41, 5.74) is 2.03. The van der Waals surface area contributed by atoms with Crippen LogP contribution >= 0.6 is 0 Å². The molecular weight excluding hydrogens is 182 g/mol. The Labute approximate surface area is 93.8 Å². The second-order valence-electron chi connectivity index (χ2n) is 3.66. The first-order valence-corrected chi connectivity index (χ1v) is 5.68. The summed E-state index contributed by atoms with van der Waals surface area (Å²) in [7, 11) is 0. The summed E-state index contributed by atoms with van der Waals surface area (Å²) in [6.07, 6.45) is 12.3. The zero-order chi connectivity index (χ0) is 11.5. The monoisotopic (exact) mass is 203 g/mol. The van der Waals surface area contributed by atoms with Gasteiger partial charge in [0, 0.05) is 0 Å². The highest BCUT2D eigenvalue weighted by Gasteiger charge is 1.92. The fourth-order valence-electron chi connectivity index (χ4n) is 1.22. The number of rotatable bonds is 6. The largest absolute Gasteiger partial charge is 0.192 e. The van der Waals surface area contributed by atoms with E-state index in [1.54, 1.807) is 0 Å². The Morgan fingerprint density at radius 3 is 2.60 bits per heavy atom. The molecule has 0 bridgehead atoms. The van der Waals surface area contributed by atoms with Crippen LogP contribution in [0.2, 0.25) is 0 Å². The van der Waals surface area contributed by atoms with Gasteiger partial charge in [0.25, 0.3) is 0 Å². The molecule has 1 heteroatoms. The van der Waals surface area contributed by atoms with Crippen LogP contribution in [0, 0.1) is 11.3 Å². The third-order valence-corrected chi connectivity index (χ3v) is 2.10. The van der Waals surface area contributed by atoms with E-state index in [-0.39, 0.29) is 0 Å². The van der Waals surface area contributed by atoms with E-state index in [0.717, 1.165) is 18.4 Å². The maximum atomic E-state index is 8.90. The third-order valence-electron chi connectivity index (χ3n) is 2.10. The molecule has 0 fully saturated rings. The predicted octanol–water partition coefficient (Wildman–Crippen LogP) is 4.54. The molecule has 82 valence electrons. The van der Waals surface area contributed by atoms with Crippen molar-refractivity contribution in [3.63, 3.8) is 0 Å². The molecule has 0 N–H and O–H groups in total. The van der Waals surface area contributed by atoms with Crippen molar-refractivity contribution in [2.45, 2.75) is 46.5 Å². The highest BCUT2D eigenvalue weighted by Crippen LogP contribution is 2.09. The minimum atomic E-state index is 0.744. The van der Waals surface area contributed by atoms with Gasteiger partial charge < -0.3 is 0 Å². The van der Waals surface area contributed by atoms with Crippen molar-refractivity contribution < 1.29 is 0 Å². The topological polar surface area (TPSA) is 23.8 Å². The van der Waals surface area contributed by atoms with E-state index >= 15 is 0 Å². The number of allylic oxidation sites excluding steroid dienone is 6. The molecule has 0 heterocycles. The average molecular weight is 203 g/mol. The molecule has 0 amide bonds. The van der Waals surface area contributed by atoms with Crippen LogP contribution in [0.5, 0.6) is 0 Å². The molecule has 0 unspecified atom stereocenters. The molecule has 0 rings (SSSR count). The first-order chi connectivity index (χ1) is 7.24. The van der Waals surface area contributed by atoms with Crippen LogP contribution in [0.3, 0.4) is 0 Å². The van der Waals surface area contributed by atoms with Crippen molar-refractivity contribution >= 4 is 0 Å². The normalized spacial score (nSPS) is 13.2. The van der Waals surface area contributed by atoms with Gasteiger partial charge in [-0.05, 0) is 38.3 Å². The first-order valence-electron chi connectivity index (χ1n) is 5.68. The molecule has 0 atom stereocenters. The summed E-state index contributed by atoms with van der Waals surface area (Å²) < 4.78 is 0. The number of hydrogen-bond acceptors (Lipinski definition) is 1. The Bertz CT molecular complexity index is 287. The molecule has 0 aromatic carbocycles. The van der Waals surface area contributed by atoms with Crippen molar-refractivity contribution in [3.8, 4) is 6.07 Å². The van der Waals surface area contributed by atoms with E-state index in [2.05, 4.69) is 26.8 Å². The SMILES string of the molecule is CC/C=C/C=C(C#N)\C=C(/C)CCCC. The molecule has 0 spiro atoms. The zero-order valence-corrected chi connectivity index (χ0v) is 10.1. The van der Waals surface area contributed by atoms with E-state index in [4.69, 9.17) is 5.26 Å². The Hall–Kier alpha value is -1.29. The standard InChI is InChI=1S/C14H21N/c1-4-6-8-10-14(12-15)11-13(3)9-7-5-2/h6,8,10-11H,4-5,7,9H2,1-3H3/b8-6+,13-11+,14-10+. The van der Waals surface area contributed by atoms with Crippen LogP contribution in [0.15, 0.2) is 35.5 Å². The fraction of sp³-hybridized carbons (Fsp3) is 0.500. The molecule has 15 heavy (non-hydrogen) atoms. The van der Waals surface area contributed by atoms with Crippen molar-refractivity contribution in [2.24, 2.45) is 0 Å². The maximum absolute atomic E-state index is 8.90. The molecule has 0 aliphatic heterocycles. The lowest BCUT2D eigenvalue weighted by atomic mass is 10.1. The Kier molecular flexibility index (Phi) is 8.47. The molecule has 0 aromatic rings. The van der Waals surface area contributed by atoms with Crippen molar-refractivity contribution in [1.82, 2.24) is 0 Å².